The van der Waals surface area contributed by atoms with Gasteiger partial charge >= 0.3 is 5.97 Å². The van der Waals surface area contributed by atoms with Crippen LogP contribution < -0.4 is 4.74 Å². The average molecular weight is 550 g/mol. The first-order valence-electron chi connectivity index (χ1n) is 13.5. The van der Waals surface area contributed by atoms with E-state index in [1.807, 2.05) is 32.1 Å². The third kappa shape index (κ3) is 4.82. The van der Waals surface area contributed by atoms with Gasteiger partial charge in [0.25, 0.3) is 0 Å². The summed E-state index contributed by atoms with van der Waals surface area (Å²) in [5.74, 6) is -0.316. The fourth-order valence-electron chi connectivity index (χ4n) is 6.19. The number of nitrogens with zero attached hydrogens (tertiary/aromatic N) is 1. The Morgan fingerprint density at radius 1 is 1.23 bits per heavy atom. The number of carboxylic acid groups (broad SMARTS) is 1. The number of aromatic nitrogens is 1. The number of fused-ring (bicyclic) bond motifs is 2. The van der Waals surface area contributed by atoms with Gasteiger partial charge in [0.15, 0.2) is 6.10 Å². The Labute approximate surface area is 231 Å². The molecule has 1 aromatic carbocycles. The number of hydrogen-bond acceptors (Lipinski definition) is 7. The predicted molar refractivity (Wildman–Crippen MR) is 143 cm³/mol. The van der Waals surface area contributed by atoms with Crippen molar-refractivity contribution in [1.82, 2.24) is 4.98 Å². The van der Waals surface area contributed by atoms with Crippen molar-refractivity contribution in [3.63, 3.8) is 0 Å². The maximum Gasteiger partial charge on any atom is 0.307 e. The van der Waals surface area contributed by atoms with Gasteiger partial charge in [0, 0.05) is 28.8 Å². The summed E-state index contributed by atoms with van der Waals surface area (Å²) >= 11 is 0. The SMILES string of the molecule is C=C1/C(=C\C(=C/C)OCc2cc(-c3ccc(O[C@@H]4CO[C@H]5[C@@H]4OC[C@@H]5O)nc3C)ccc2F)C[C@@H]2[C@H]1[C@H]2C(=O)O. The van der Waals surface area contributed by atoms with Gasteiger partial charge < -0.3 is 29.2 Å². The van der Waals surface area contributed by atoms with Crippen LogP contribution in [0.25, 0.3) is 11.1 Å². The van der Waals surface area contributed by atoms with Crippen LogP contribution in [0.5, 0.6) is 5.88 Å². The van der Waals surface area contributed by atoms with Crippen LogP contribution in [-0.4, -0.2) is 58.8 Å². The number of hydrogen-bond donors (Lipinski definition) is 2. The minimum atomic E-state index is -0.762. The fraction of sp³-hybridized carbons (Fsp3) is 0.419. The van der Waals surface area contributed by atoms with E-state index < -0.39 is 12.1 Å². The molecule has 2 saturated heterocycles. The van der Waals surface area contributed by atoms with Crippen LogP contribution in [0.3, 0.4) is 0 Å². The van der Waals surface area contributed by atoms with Gasteiger partial charge in [-0.3, -0.25) is 4.79 Å². The van der Waals surface area contributed by atoms with Gasteiger partial charge in [0.1, 0.15) is 36.5 Å². The summed E-state index contributed by atoms with van der Waals surface area (Å²) in [6.45, 7) is 8.39. The highest BCUT2D eigenvalue weighted by molar-refractivity contribution is 5.77. The number of aliphatic hydroxyl groups excluding tert-OH is 1. The van der Waals surface area contributed by atoms with Crippen LogP contribution in [0.15, 0.2) is 66.0 Å². The molecule has 7 atom stereocenters. The van der Waals surface area contributed by atoms with E-state index in [1.165, 1.54) is 6.07 Å². The number of aliphatic hydroxyl groups is 1. The summed E-state index contributed by atoms with van der Waals surface area (Å²) in [7, 11) is 0. The number of rotatable bonds is 8. The lowest BCUT2D eigenvalue weighted by Crippen LogP contribution is -2.34. The quantitative estimate of drug-likeness (QED) is 0.468. The standard InChI is InChI=1S/C31H32FNO7/c1-4-20(10-18-11-22-27(15(18)2)28(22)31(35)36)37-12-19-9-17(5-7-23(19)32)21-6-8-26(33-16(21)3)40-25-14-39-29-24(34)13-38-30(25)29/h4-10,22,24-25,27-30,34H,2,11-14H2,1,3H3,(H,35,36)/b18-10-,20-4+/t22-,24+,25-,27+,28+,29-,30-/m1/s1. The summed E-state index contributed by atoms with van der Waals surface area (Å²) in [6, 6.07) is 8.53. The Balaban J connectivity index is 1.11. The van der Waals surface area contributed by atoms with E-state index >= 15 is 0 Å². The summed E-state index contributed by atoms with van der Waals surface area (Å²) in [5, 5.41) is 19.2. The first-order chi connectivity index (χ1) is 19.2. The van der Waals surface area contributed by atoms with Gasteiger partial charge in [-0.1, -0.05) is 12.6 Å². The molecule has 1 aromatic heterocycles. The van der Waals surface area contributed by atoms with Crippen LogP contribution in [-0.2, 0) is 25.6 Å². The smallest absolute Gasteiger partial charge is 0.307 e. The van der Waals surface area contributed by atoms with Crippen LogP contribution in [0.4, 0.5) is 4.39 Å². The second-order valence-electron chi connectivity index (χ2n) is 10.8. The molecule has 210 valence electrons. The van der Waals surface area contributed by atoms with E-state index in [1.54, 1.807) is 18.2 Å². The molecule has 9 heteroatoms. The monoisotopic (exact) mass is 549 g/mol. The predicted octanol–water partition coefficient (Wildman–Crippen LogP) is 4.36. The second-order valence-corrected chi connectivity index (χ2v) is 10.8. The minimum absolute atomic E-state index is 0.0111. The number of aryl methyl sites for hydroxylation is 1. The molecule has 3 heterocycles. The van der Waals surface area contributed by atoms with Gasteiger partial charge in [-0.25, -0.2) is 9.37 Å². The lowest BCUT2D eigenvalue weighted by Gasteiger charge is -2.18. The van der Waals surface area contributed by atoms with Crippen molar-refractivity contribution in [3.05, 3.63) is 83.0 Å². The Kier molecular flexibility index (Phi) is 6.98. The van der Waals surface area contributed by atoms with Crippen LogP contribution in [0.1, 0.15) is 24.6 Å². The van der Waals surface area contributed by atoms with E-state index in [0.29, 0.717) is 30.2 Å². The number of benzene rings is 1. The van der Waals surface area contributed by atoms with Crippen molar-refractivity contribution in [2.24, 2.45) is 17.8 Å². The summed E-state index contributed by atoms with van der Waals surface area (Å²) in [6.07, 6.45) is 2.66. The van der Waals surface area contributed by atoms with Crippen molar-refractivity contribution in [2.45, 2.75) is 51.3 Å². The molecule has 4 fully saturated rings. The number of allylic oxidation sites excluding steroid dienone is 4. The van der Waals surface area contributed by atoms with Crippen molar-refractivity contribution in [2.75, 3.05) is 13.2 Å². The normalized spacial score (nSPS) is 31.8. The first-order valence-corrected chi connectivity index (χ1v) is 13.5. The molecule has 2 aliphatic heterocycles. The van der Waals surface area contributed by atoms with Gasteiger partial charge in [-0.2, -0.15) is 0 Å². The zero-order valence-electron chi connectivity index (χ0n) is 22.4. The third-order valence-electron chi connectivity index (χ3n) is 8.39. The number of carbonyl (C=O) groups is 1. The van der Waals surface area contributed by atoms with E-state index in [0.717, 1.165) is 28.0 Å². The van der Waals surface area contributed by atoms with Gasteiger partial charge in [0.05, 0.1) is 19.1 Å². The number of carboxylic acids is 1. The van der Waals surface area contributed by atoms with E-state index in [-0.39, 0.29) is 55.1 Å². The second kappa shape index (κ2) is 10.5. The molecule has 0 unspecified atom stereocenters. The Bertz CT molecular complexity index is 1420. The molecular formula is C31H32FNO7. The molecule has 0 spiro atoms. The molecule has 40 heavy (non-hydrogen) atoms. The fourth-order valence-corrected chi connectivity index (χ4v) is 6.19. The Hall–Kier alpha value is -3.53. The van der Waals surface area contributed by atoms with Crippen molar-refractivity contribution in [1.29, 1.82) is 0 Å². The van der Waals surface area contributed by atoms with Gasteiger partial charge in [-0.05, 0) is 73.2 Å². The van der Waals surface area contributed by atoms with Gasteiger partial charge in [-0.15, -0.1) is 0 Å². The summed E-state index contributed by atoms with van der Waals surface area (Å²) in [5.41, 5.74) is 4.61. The first kappa shape index (κ1) is 26.7. The van der Waals surface area contributed by atoms with Gasteiger partial charge in [0.2, 0.25) is 5.88 Å². The van der Waals surface area contributed by atoms with E-state index in [4.69, 9.17) is 18.9 Å². The highest BCUT2D eigenvalue weighted by atomic mass is 19.1. The Morgan fingerprint density at radius 2 is 2.02 bits per heavy atom. The Morgan fingerprint density at radius 3 is 2.73 bits per heavy atom. The zero-order valence-corrected chi connectivity index (χ0v) is 22.4. The van der Waals surface area contributed by atoms with Crippen LogP contribution >= 0.6 is 0 Å². The molecule has 6 rings (SSSR count). The summed E-state index contributed by atoms with van der Waals surface area (Å²) in [4.78, 5) is 15.9. The largest absolute Gasteiger partial charge is 0.489 e. The third-order valence-corrected chi connectivity index (χ3v) is 8.39. The average Bonchev–Trinajstić information content (AvgIpc) is 3.12. The molecule has 4 aliphatic rings. The lowest BCUT2D eigenvalue weighted by molar-refractivity contribution is -0.139. The highest BCUT2D eigenvalue weighted by Crippen LogP contribution is 2.62. The number of ether oxygens (including phenoxy) is 4. The minimum Gasteiger partial charge on any atom is -0.489 e. The topological polar surface area (TPSA) is 107 Å². The highest BCUT2D eigenvalue weighted by Gasteiger charge is 2.60. The summed E-state index contributed by atoms with van der Waals surface area (Å²) < 4.78 is 38.0. The molecule has 2 N–H and O–H groups in total. The molecular weight excluding hydrogens is 517 g/mol. The number of pyridine rings is 1. The van der Waals surface area contributed by atoms with Crippen LogP contribution in [0, 0.1) is 30.5 Å². The van der Waals surface area contributed by atoms with E-state index in [2.05, 4.69) is 11.6 Å². The molecule has 0 amide bonds. The zero-order chi connectivity index (χ0) is 28.1. The maximum atomic E-state index is 14.7. The molecule has 0 radical (unpaired) electrons. The number of halogens is 1. The molecule has 8 nitrogen and oxygen atoms in total. The van der Waals surface area contributed by atoms with Crippen LogP contribution in [0.2, 0.25) is 0 Å². The lowest BCUT2D eigenvalue weighted by atomic mass is 10.0. The number of aliphatic carboxylic acids is 1. The molecule has 2 saturated carbocycles. The molecule has 2 aliphatic carbocycles. The maximum absolute atomic E-state index is 14.7. The van der Waals surface area contributed by atoms with Crippen molar-refractivity contribution in [3.8, 4) is 17.0 Å². The molecule has 2 aromatic rings. The van der Waals surface area contributed by atoms with Crippen molar-refractivity contribution < 1.29 is 38.3 Å². The molecule has 0 bridgehead atoms. The van der Waals surface area contributed by atoms with Crippen molar-refractivity contribution >= 4 is 5.97 Å². The van der Waals surface area contributed by atoms with E-state index in [9.17, 15) is 19.4 Å².